The van der Waals surface area contributed by atoms with Crippen molar-refractivity contribution in [1.82, 2.24) is 10.2 Å². The molecule has 2 heteroatoms. The van der Waals surface area contributed by atoms with Crippen molar-refractivity contribution in [3.05, 3.63) is 0 Å². The number of nitrogens with zero attached hydrogens (tertiary/aromatic N) is 1. The molecule has 1 unspecified atom stereocenters. The zero-order valence-corrected chi connectivity index (χ0v) is 12.0. The Hall–Kier alpha value is -0.0800. The first-order chi connectivity index (χ1) is 8.14. The molecule has 0 aromatic carbocycles. The molecule has 2 aliphatic rings. The Morgan fingerprint density at radius 3 is 2.41 bits per heavy atom. The van der Waals surface area contributed by atoms with Crippen LogP contribution in [0.25, 0.3) is 0 Å². The van der Waals surface area contributed by atoms with Crippen LogP contribution in [0.3, 0.4) is 0 Å². The number of rotatable bonds is 5. The largest absolute Gasteiger partial charge is 0.312 e. The van der Waals surface area contributed by atoms with E-state index in [1.165, 1.54) is 58.0 Å². The first-order valence-electron chi connectivity index (χ1n) is 7.58. The molecule has 0 aromatic rings. The number of nitrogens with one attached hydrogen (secondary N) is 1. The molecule has 2 rings (SSSR count). The zero-order valence-electron chi connectivity index (χ0n) is 12.0. The van der Waals surface area contributed by atoms with E-state index in [0.717, 1.165) is 6.04 Å². The molecule has 1 N–H and O–H groups in total. The van der Waals surface area contributed by atoms with Gasteiger partial charge in [0.1, 0.15) is 0 Å². The van der Waals surface area contributed by atoms with E-state index in [4.69, 9.17) is 0 Å². The van der Waals surface area contributed by atoms with E-state index in [0.29, 0.717) is 11.5 Å². The molecule has 0 aromatic heterocycles. The van der Waals surface area contributed by atoms with Crippen molar-refractivity contribution in [2.24, 2.45) is 5.41 Å². The van der Waals surface area contributed by atoms with Gasteiger partial charge in [-0.2, -0.15) is 0 Å². The monoisotopic (exact) mass is 238 g/mol. The Bertz CT molecular complexity index is 231. The van der Waals surface area contributed by atoms with Crippen molar-refractivity contribution in [1.29, 1.82) is 0 Å². The molecule has 1 spiro atoms. The molecule has 0 bridgehead atoms. The topological polar surface area (TPSA) is 15.3 Å². The Kier molecular flexibility index (Phi) is 4.48. The molecule has 100 valence electrons. The third-order valence-electron chi connectivity index (χ3n) is 5.26. The normalized spacial score (nSPS) is 27.7. The van der Waals surface area contributed by atoms with Gasteiger partial charge >= 0.3 is 0 Å². The summed E-state index contributed by atoms with van der Waals surface area (Å²) in [5.41, 5.74) is 0.717. The van der Waals surface area contributed by atoms with E-state index in [2.05, 4.69) is 31.1 Å². The van der Waals surface area contributed by atoms with Gasteiger partial charge < -0.3 is 10.2 Å². The Labute approximate surface area is 107 Å². The summed E-state index contributed by atoms with van der Waals surface area (Å²) in [7, 11) is 2.23. The molecule has 17 heavy (non-hydrogen) atoms. The molecule has 0 saturated heterocycles. The van der Waals surface area contributed by atoms with Crippen molar-refractivity contribution < 1.29 is 0 Å². The number of hydrogen-bond acceptors (Lipinski definition) is 2. The predicted molar refractivity (Wildman–Crippen MR) is 74.3 cm³/mol. The second-order valence-corrected chi connectivity index (χ2v) is 6.54. The van der Waals surface area contributed by atoms with Crippen LogP contribution in [-0.4, -0.2) is 37.1 Å². The molecule has 2 fully saturated rings. The summed E-state index contributed by atoms with van der Waals surface area (Å²) in [4.78, 5) is 2.43. The summed E-state index contributed by atoms with van der Waals surface area (Å²) < 4.78 is 0. The lowest BCUT2D eigenvalue weighted by atomic mass is 9.57. The molecule has 2 aliphatic carbocycles. The summed E-state index contributed by atoms with van der Waals surface area (Å²) in [5, 5.41) is 3.82. The second kappa shape index (κ2) is 5.71. The fourth-order valence-corrected chi connectivity index (χ4v) is 3.54. The van der Waals surface area contributed by atoms with Crippen molar-refractivity contribution >= 4 is 0 Å². The maximum absolute atomic E-state index is 3.82. The van der Waals surface area contributed by atoms with Gasteiger partial charge in [0.05, 0.1) is 0 Å². The van der Waals surface area contributed by atoms with Crippen LogP contribution in [0.15, 0.2) is 0 Å². The molecule has 1 atom stereocenters. The zero-order chi connectivity index (χ0) is 12.3. The third kappa shape index (κ3) is 3.03. The van der Waals surface area contributed by atoms with Crippen LogP contribution in [0, 0.1) is 5.41 Å². The minimum atomic E-state index is 0.668. The van der Waals surface area contributed by atoms with Gasteiger partial charge in [0.25, 0.3) is 0 Å². The van der Waals surface area contributed by atoms with E-state index in [1.54, 1.807) is 0 Å². The molecular weight excluding hydrogens is 208 g/mol. The first-order valence-corrected chi connectivity index (χ1v) is 7.58. The van der Waals surface area contributed by atoms with Gasteiger partial charge in [0.2, 0.25) is 0 Å². The Balaban J connectivity index is 1.69. The summed E-state index contributed by atoms with van der Waals surface area (Å²) in [6.45, 7) is 6.89. The van der Waals surface area contributed by atoms with Gasteiger partial charge in [0, 0.05) is 25.2 Å². The summed E-state index contributed by atoms with van der Waals surface area (Å²) in [6, 6.07) is 1.50. The third-order valence-corrected chi connectivity index (χ3v) is 5.26. The van der Waals surface area contributed by atoms with Crippen LogP contribution >= 0.6 is 0 Å². The fraction of sp³-hybridized carbons (Fsp3) is 1.00. The Morgan fingerprint density at radius 1 is 1.18 bits per heavy atom. The van der Waals surface area contributed by atoms with Crippen molar-refractivity contribution in [2.45, 2.75) is 70.9 Å². The summed E-state index contributed by atoms with van der Waals surface area (Å²) >= 11 is 0. The SMILES string of the molecule is CC(C)N(C)CCNC1CCC12CCCCC2. The number of likely N-dealkylation sites (N-methyl/N-ethyl adjacent to an activating group) is 1. The standard InChI is InChI=1S/C15H30N2/c1-13(2)17(3)12-11-16-14-7-10-15(14)8-5-4-6-9-15/h13-14,16H,4-12H2,1-3H3. The molecule has 2 saturated carbocycles. The second-order valence-electron chi connectivity index (χ2n) is 6.54. The van der Waals surface area contributed by atoms with Crippen LogP contribution in [-0.2, 0) is 0 Å². The quantitative estimate of drug-likeness (QED) is 0.792. The molecule has 0 heterocycles. The fourth-order valence-electron chi connectivity index (χ4n) is 3.54. The van der Waals surface area contributed by atoms with Gasteiger partial charge in [-0.1, -0.05) is 19.3 Å². The van der Waals surface area contributed by atoms with Crippen LogP contribution in [0.4, 0.5) is 0 Å². The molecular formula is C15H30N2. The molecule has 0 amide bonds. The lowest BCUT2D eigenvalue weighted by Gasteiger charge is -2.52. The van der Waals surface area contributed by atoms with E-state index < -0.39 is 0 Å². The van der Waals surface area contributed by atoms with Crippen LogP contribution in [0.1, 0.15) is 58.8 Å². The minimum absolute atomic E-state index is 0.668. The summed E-state index contributed by atoms with van der Waals surface area (Å²) in [6.07, 6.45) is 10.3. The lowest BCUT2D eigenvalue weighted by Crippen LogP contribution is -2.55. The van der Waals surface area contributed by atoms with Gasteiger partial charge in [-0.15, -0.1) is 0 Å². The van der Waals surface area contributed by atoms with E-state index in [1.807, 2.05) is 0 Å². The van der Waals surface area contributed by atoms with Gasteiger partial charge in [-0.05, 0) is 52.0 Å². The highest BCUT2D eigenvalue weighted by molar-refractivity contribution is 5.01. The predicted octanol–water partition coefficient (Wildman–Crippen LogP) is 3.03. The summed E-state index contributed by atoms with van der Waals surface area (Å²) in [5.74, 6) is 0. The number of hydrogen-bond donors (Lipinski definition) is 1. The Morgan fingerprint density at radius 2 is 1.88 bits per heavy atom. The maximum atomic E-state index is 3.82. The van der Waals surface area contributed by atoms with E-state index in [-0.39, 0.29) is 0 Å². The van der Waals surface area contributed by atoms with Crippen LogP contribution in [0.2, 0.25) is 0 Å². The first kappa shape index (κ1) is 13.4. The average Bonchev–Trinajstić information content (AvgIpc) is 2.33. The van der Waals surface area contributed by atoms with Crippen molar-refractivity contribution in [3.8, 4) is 0 Å². The highest BCUT2D eigenvalue weighted by Gasteiger charge is 2.46. The van der Waals surface area contributed by atoms with Crippen molar-refractivity contribution in [3.63, 3.8) is 0 Å². The molecule has 2 nitrogen and oxygen atoms in total. The van der Waals surface area contributed by atoms with Gasteiger partial charge in [0.15, 0.2) is 0 Å². The highest BCUT2D eigenvalue weighted by atomic mass is 15.1. The minimum Gasteiger partial charge on any atom is -0.312 e. The molecule has 0 aliphatic heterocycles. The van der Waals surface area contributed by atoms with Gasteiger partial charge in [-0.3, -0.25) is 0 Å². The van der Waals surface area contributed by atoms with E-state index >= 15 is 0 Å². The highest BCUT2D eigenvalue weighted by Crippen LogP contribution is 2.51. The molecule has 0 radical (unpaired) electrons. The maximum Gasteiger partial charge on any atom is 0.0124 e. The lowest BCUT2D eigenvalue weighted by molar-refractivity contribution is 0.0220. The van der Waals surface area contributed by atoms with E-state index in [9.17, 15) is 0 Å². The smallest absolute Gasteiger partial charge is 0.0124 e. The average molecular weight is 238 g/mol. The van der Waals surface area contributed by atoms with Gasteiger partial charge in [-0.25, -0.2) is 0 Å². The van der Waals surface area contributed by atoms with Crippen LogP contribution in [0.5, 0.6) is 0 Å². The van der Waals surface area contributed by atoms with Crippen LogP contribution < -0.4 is 5.32 Å². The van der Waals surface area contributed by atoms with Crippen molar-refractivity contribution in [2.75, 3.05) is 20.1 Å².